The molecule has 32 heavy (non-hydrogen) atoms. The fourth-order valence-corrected chi connectivity index (χ4v) is 3.13. The van der Waals surface area contributed by atoms with Gasteiger partial charge in [0.25, 0.3) is 5.91 Å². The third-order valence-electron chi connectivity index (χ3n) is 4.43. The number of anilines is 1. The Bertz CT molecular complexity index is 1290. The minimum absolute atomic E-state index is 0.0440. The number of esters is 1. The number of nitrogens with one attached hydrogen (secondary N) is 1. The highest BCUT2D eigenvalue weighted by molar-refractivity contribution is 6.30. The highest BCUT2D eigenvalue weighted by Crippen LogP contribution is 2.20. The van der Waals surface area contributed by atoms with E-state index in [0.717, 1.165) is 0 Å². The van der Waals surface area contributed by atoms with E-state index < -0.39 is 24.3 Å². The summed E-state index contributed by atoms with van der Waals surface area (Å²) >= 11 is 5.96. The molecule has 0 spiro atoms. The van der Waals surface area contributed by atoms with E-state index in [1.165, 1.54) is 24.3 Å². The second-order valence-corrected chi connectivity index (χ2v) is 7.17. The Kier molecular flexibility index (Phi) is 6.32. The SMILES string of the molecule is O=C(COc1ccccc1C(=O)OCc1cn2cc(Cl)ccc2n1)Nc1ccccc1F. The lowest BCUT2D eigenvalue weighted by Gasteiger charge is -2.11. The van der Waals surface area contributed by atoms with Crippen LogP contribution in [0.4, 0.5) is 10.1 Å². The number of nitrogens with zero attached hydrogens (tertiary/aromatic N) is 2. The molecule has 1 amide bonds. The number of benzene rings is 2. The van der Waals surface area contributed by atoms with Gasteiger partial charge in [0.15, 0.2) is 6.61 Å². The number of fused-ring (bicyclic) bond motifs is 1. The molecule has 1 N–H and O–H groups in total. The molecule has 0 aliphatic heterocycles. The molecule has 0 unspecified atom stereocenters. The van der Waals surface area contributed by atoms with Crippen LogP contribution < -0.4 is 10.1 Å². The number of pyridine rings is 1. The summed E-state index contributed by atoms with van der Waals surface area (Å²) in [6.45, 7) is -0.466. The lowest BCUT2D eigenvalue weighted by atomic mass is 10.2. The summed E-state index contributed by atoms with van der Waals surface area (Å²) in [6, 6.07) is 15.6. The van der Waals surface area contributed by atoms with E-state index in [0.29, 0.717) is 16.4 Å². The summed E-state index contributed by atoms with van der Waals surface area (Å²) in [7, 11) is 0. The van der Waals surface area contributed by atoms with Crippen LogP contribution in [-0.2, 0) is 16.1 Å². The van der Waals surface area contributed by atoms with E-state index in [1.54, 1.807) is 53.2 Å². The quantitative estimate of drug-likeness (QED) is 0.417. The molecule has 2 heterocycles. The number of para-hydroxylation sites is 2. The topological polar surface area (TPSA) is 81.9 Å². The zero-order valence-electron chi connectivity index (χ0n) is 16.6. The fraction of sp³-hybridized carbons (Fsp3) is 0.0870. The van der Waals surface area contributed by atoms with E-state index in [2.05, 4.69) is 10.3 Å². The number of carbonyl (C=O) groups excluding carboxylic acids is 2. The first-order valence-electron chi connectivity index (χ1n) is 9.56. The van der Waals surface area contributed by atoms with Gasteiger partial charge in [-0.3, -0.25) is 4.79 Å². The summed E-state index contributed by atoms with van der Waals surface area (Å²) in [4.78, 5) is 29.0. The molecule has 0 saturated heterocycles. The molecular weight excluding hydrogens is 437 g/mol. The Morgan fingerprint density at radius 2 is 1.81 bits per heavy atom. The molecule has 0 aliphatic carbocycles. The van der Waals surface area contributed by atoms with Crippen LogP contribution in [0.15, 0.2) is 73.1 Å². The Labute approximate surface area is 187 Å². The molecule has 162 valence electrons. The molecule has 7 nitrogen and oxygen atoms in total. The minimum Gasteiger partial charge on any atom is -0.483 e. The van der Waals surface area contributed by atoms with Crippen molar-refractivity contribution in [2.24, 2.45) is 0 Å². The third kappa shape index (κ3) is 5.04. The van der Waals surface area contributed by atoms with Gasteiger partial charge < -0.3 is 19.2 Å². The summed E-state index contributed by atoms with van der Waals surface area (Å²) < 4.78 is 26.2. The monoisotopic (exact) mass is 453 g/mol. The molecular formula is C23H17ClFN3O4. The largest absolute Gasteiger partial charge is 0.483 e. The maximum absolute atomic E-state index is 13.7. The number of aromatic nitrogens is 2. The Balaban J connectivity index is 1.38. The van der Waals surface area contributed by atoms with Crippen LogP contribution in [0.1, 0.15) is 16.1 Å². The first-order chi connectivity index (χ1) is 15.5. The molecule has 0 saturated carbocycles. The average molecular weight is 454 g/mol. The van der Waals surface area contributed by atoms with Crippen molar-refractivity contribution in [3.05, 3.63) is 95.2 Å². The maximum Gasteiger partial charge on any atom is 0.342 e. The molecule has 9 heteroatoms. The van der Waals surface area contributed by atoms with Gasteiger partial charge in [0.05, 0.1) is 16.4 Å². The highest BCUT2D eigenvalue weighted by Gasteiger charge is 2.16. The number of imidazole rings is 1. The van der Waals surface area contributed by atoms with Crippen LogP contribution in [-0.4, -0.2) is 27.9 Å². The molecule has 4 rings (SSSR count). The number of hydrogen-bond donors (Lipinski definition) is 1. The van der Waals surface area contributed by atoms with Crippen LogP contribution >= 0.6 is 11.6 Å². The van der Waals surface area contributed by atoms with Crippen molar-refractivity contribution in [2.45, 2.75) is 6.61 Å². The lowest BCUT2D eigenvalue weighted by molar-refractivity contribution is -0.118. The third-order valence-corrected chi connectivity index (χ3v) is 4.65. The Morgan fingerprint density at radius 1 is 1.03 bits per heavy atom. The van der Waals surface area contributed by atoms with Gasteiger partial charge in [-0.2, -0.15) is 0 Å². The average Bonchev–Trinajstić information content (AvgIpc) is 3.20. The zero-order valence-corrected chi connectivity index (χ0v) is 17.4. The smallest absolute Gasteiger partial charge is 0.342 e. The van der Waals surface area contributed by atoms with Crippen LogP contribution in [0.2, 0.25) is 5.02 Å². The predicted molar refractivity (Wildman–Crippen MR) is 116 cm³/mol. The van der Waals surface area contributed by atoms with E-state index in [9.17, 15) is 14.0 Å². The number of ether oxygens (including phenoxy) is 2. The minimum atomic E-state index is -0.634. The van der Waals surface area contributed by atoms with Crippen LogP contribution in [0, 0.1) is 5.82 Å². The molecule has 2 aromatic heterocycles. The normalized spacial score (nSPS) is 10.7. The van der Waals surface area contributed by atoms with Gasteiger partial charge in [0, 0.05) is 12.4 Å². The van der Waals surface area contributed by atoms with Crippen molar-refractivity contribution in [2.75, 3.05) is 11.9 Å². The van der Waals surface area contributed by atoms with Crippen LogP contribution in [0.3, 0.4) is 0 Å². The van der Waals surface area contributed by atoms with Crippen molar-refractivity contribution >= 4 is 34.8 Å². The van der Waals surface area contributed by atoms with Crippen molar-refractivity contribution in [3.8, 4) is 5.75 Å². The van der Waals surface area contributed by atoms with E-state index in [1.807, 2.05) is 0 Å². The van der Waals surface area contributed by atoms with Crippen molar-refractivity contribution in [3.63, 3.8) is 0 Å². The number of rotatable bonds is 7. The second kappa shape index (κ2) is 9.49. The highest BCUT2D eigenvalue weighted by atomic mass is 35.5. The van der Waals surface area contributed by atoms with Gasteiger partial charge in [0.1, 0.15) is 29.4 Å². The molecule has 0 bridgehead atoms. The molecule has 0 fully saturated rings. The van der Waals surface area contributed by atoms with Gasteiger partial charge in [-0.05, 0) is 36.4 Å². The number of carbonyl (C=O) groups is 2. The second-order valence-electron chi connectivity index (χ2n) is 6.73. The van der Waals surface area contributed by atoms with Crippen molar-refractivity contribution in [1.29, 1.82) is 0 Å². The van der Waals surface area contributed by atoms with Crippen molar-refractivity contribution in [1.82, 2.24) is 9.38 Å². The maximum atomic E-state index is 13.7. The van der Waals surface area contributed by atoms with Crippen LogP contribution in [0.5, 0.6) is 5.75 Å². The number of hydrogen-bond acceptors (Lipinski definition) is 5. The van der Waals surface area contributed by atoms with Crippen LogP contribution in [0.25, 0.3) is 5.65 Å². The molecule has 2 aromatic carbocycles. The van der Waals surface area contributed by atoms with E-state index in [-0.39, 0.29) is 23.6 Å². The van der Waals surface area contributed by atoms with E-state index in [4.69, 9.17) is 21.1 Å². The van der Waals surface area contributed by atoms with E-state index >= 15 is 0 Å². The first-order valence-corrected chi connectivity index (χ1v) is 9.94. The van der Waals surface area contributed by atoms with Gasteiger partial charge in [-0.15, -0.1) is 0 Å². The molecule has 0 radical (unpaired) electrons. The molecule has 0 atom stereocenters. The predicted octanol–water partition coefficient (Wildman–Crippen LogP) is 4.50. The summed E-state index contributed by atoms with van der Waals surface area (Å²) in [5, 5.41) is 2.98. The van der Waals surface area contributed by atoms with Gasteiger partial charge in [-0.25, -0.2) is 14.2 Å². The fourth-order valence-electron chi connectivity index (χ4n) is 2.96. The first kappa shape index (κ1) is 21.3. The number of amides is 1. The Morgan fingerprint density at radius 3 is 2.66 bits per heavy atom. The molecule has 4 aromatic rings. The molecule has 0 aliphatic rings. The summed E-state index contributed by atoms with van der Waals surface area (Å²) in [5.41, 5.74) is 1.41. The lowest BCUT2D eigenvalue weighted by Crippen LogP contribution is -2.21. The summed E-state index contributed by atoms with van der Waals surface area (Å²) in [5.74, 6) is -1.59. The zero-order chi connectivity index (χ0) is 22.5. The number of halogens is 2. The Hall–Kier alpha value is -3.91. The standard InChI is InChI=1S/C23H17ClFN3O4/c24-15-9-10-21-26-16(12-28(21)11-15)13-32-23(30)17-5-1-4-8-20(17)31-14-22(29)27-19-7-3-2-6-18(19)25/h1-12H,13-14H2,(H,27,29). The van der Waals surface area contributed by atoms with Gasteiger partial charge >= 0.3 is 5.97 Å². The van der Waals surface area contributed by atoms with Gasteiger partial charge in [-0.1, -0.05) is 35.9 Å². The van der Waals surface area contributed by atoms with Crippen molar-refractivity contribution < 1.29 is 23.5 Å². The van der Waals surface area contributed by atoms with Gasteiger partial charge in [0.2, 0.25) is 0 Å². The summed E-state index contributed by atoms with van der Waals surface area (Å²) in [6.07, 6.45) is 3.41.